The second kappa shape index (κ2) is 6.12. The first-order chi connectivity index (χ1) is 9.81. The van der Waals surface area contributed by atoms with Gasteiger partial charge in [-0.2, -0.15) is 0 Å². The first kappa shape index (κ1) is 13.9. The third kappa shape index (κ3) is 2.68. The molecule has 0 amide bonds. The number of morpholine rings is 1. The van der Waals surface area contributed by atoms with E-state index in [1.54, 1.807) is 0 Å². The summed E-state index contributed by atoms with van der Waals surface area (Å²) in [5.74, 6) is 1.04. The molecule has 1 saturated heterocycles. The highest BCUT2D eigenvalue weighted by Gasteiger charge is 2.26. The molecule has 4 nitrogen and oxygen atoms in total. The van der Waals surface area contributed by atoms with Crippen LogP contribution in [0.15, 0.2) is 18.2 Å². The topological polar surface area (TPSA) is 47.7 Å². The number of hydrogen-bond acceptors (Lipinski definition) is 4. The van der Waals surface area contributed by atoms with Crippen LogP contribution in [0.3, 0.4) is 0 Å². The summed E-state index contributed by atoms with van der Waals surface area (Å²) in [6, 6.07) is 6.82. The number of nitrogens with zero attached hydrogens (tertiary/aromatic N) is 1. The van der Waals surface area contributed by atoms with E-state index < -0.39 is 0 Å². The van der Waals surface area contributed by atoms with Crippen molar-refractivity contribution in [1.29, 1.82) is 0 Å². The zero-order chi connectivity index (χ0) is 13.9. The Bertz CT molecular complexity index is 464. The molecule has 2 aliphatic rings. The van der Waals surface area contributed by atoms with Gasteiger partial charge >= 0.3 is 0 Å². The van der Waals surface area contributed by atoms with Crippen molar-refractivity contribution < 1.29 is 9.47 Å². The average Bonchev–Trinajstić information content (AvgIpc) is 2.96. The van der Waals surface area contributed by atoms with E-state index in [4.69, 9.17) is 15.2 Å². The first-order valence-electron chi connectivity index (χ1n) is 7.63. The molecule has 110 valence electrons. The fourth-order valence-electron chi connectivity index (χ4n) is 3.18. The van der Waals surface area contributed by atoms with Gasteiger partial charge in [0, 0.05) is 32.1 Å². The van der Waals surface area contributed by atoms with E-state index in [-0.39, 0.29) is 0 Å². The van der Waals surface area contributed by atoms with Crippen molar-refractivity contribution in [3.63, 3.8) is 0 Å². The minimum Gasteiger partial charge on any atom is -0.493 e. The zero-order valence-corrected chi connectivity index (χ0v) is 12.2. The van der Waals surface area contributed by atoms with Gasteiger partial charge in [0.1, 0.15) is 5.75 Å². The van der Waals surface area contributed by atoms with Gasteiger partial charge < -0.3 is 15.2 Å². The Balaban J connectivity index is 1.78. The molecule has 0 bridgehead atoms. The van der Waals surface area contributed by atoms with Crippen LogP contribution in [0.5, 0.6) is 5.75 Å². The monoisotopic (exact) mass is 276 g/mol. The minimum atomic E-state index is 0.291. The molecular formula is C16H24N2O2. The summed E-state index contributed by atoms with van der Waals surface area (Å²) < 4.78 is 11.3. The van der Waals surface area contributed by atoms with Gasteiger partial charge in [-0.1, -0.05) is 19.1 Å². The van der Waals surface area contributed by atoms with Crippen molar-refractivity contribution in [3.8, 4) is 5.75 Å². The summed E-state index contributed by atoms with van der Waals surface area (Å²) in [6.07, 6.45) is 2.42. The number of benzene rings is 1. The molecule has 2 atom stereocenters. The molecule has 0 radical (unpaired) electrons. The van der Waals surface area contributed by atoms with Crippen LogP contribution in [0, 0.1) is 0 Å². The van der Waals surface area contributed by atoms with Crippen LogP contribution in [0.2, 0.25) is 0 Å². The van der Waals surface area contributed by atoms with Crippen molar-refractivity contribution in [2.24, 2.45) is 5.73 Å². The number of rotatable bonds is 4. The molecule has 20 heavy (non-hydrogen) atoms. The van der Waals surface area contributed by atoms with Crippen molar-refractivity contribution in [1.82, 2.24) is 4.90 Å². The van der Waals surface area contributed by atoms with E-state index in [9.17, 15) is 0 Å². The average molecular weight is 276 g/mol. The molecule has 2 heterocycles. The van der Waals surface area contributed by atoms with Crippen LogP contribution in [0.1, 0.15) is 30.5 Å². The Morgan fingerprint density at radius 3 is 3.10 bits per heavy atom. The molecule has 4 heteroatoms. The molecule has 1 aromatic rings. The van der Waals surface area contributed by atoms with Gasteiger partial charge in [-0.15, -0.1) is 0 Å². The highest BCUT2D eigenvalue weighted by atomic mass is 16.5. The highest BCUT2D eigenvalue weighted by molar-refractivity contribution is 5.41. The third-order valence-electron chi connectivity index (χ3n) is 4.39. The lowest BCUT2D eigenvalue weighted by Gasteiger charge is -2.38. The van der Waals surface area contributed by atoms with Crippen LogP contribution in [-0.4, -0.2) is 43.9 Å². The Hall–Kier alpha value is -1.10. The van der Waals surface area contributed by atoms with Crippen LogP contribution >= 0.6 is 0 Å². The third-order valence-corrected chi connectivity index (χ3v) is 4.39. The molecule has 0 aliphatic carbocycles. The zero-order valence-electron chi connectivity index (χ0n) is 12.2. The lowest BCUT2D eigenvalue weighted by Crippen LogP contribution is -2.46. The van der Waals surface area contributed by atoms with Gasteiger partial charge in [0.2, 0.25) is 0 Å². The summed E-state index contributed by atoms with van der Waals surface area (Å²) in [7, 11) is 0. The van der Waals surface area contributed by atoms with Crippen LogP contribution < -0.4 is 10.5 Å². The van der Waals surface area contributed by atoms with E-state index >= 15 is 0 Å². The van der Waals surface area contributed by atoms with Crippen molar-refractivity contribution in [2.75, 3.05) is 32.8 Å². The Morgan fingerprint density at radius 1 is 1.40 bits per heavy atom. The predicted molar refractivity (Wildman–Crippen MR) is 79.0 cm³/mol. The highest BCUT2D eigenvalue weighted by Crippen LogP contribution is 2.30. The Labute approximate surface area is 120 Å². The second-order valence-corrected chi connectivity index (χ2v) is 5.61. The Morgan fingerprint density at radius 2 is 2.30 bits per heavy atom. The fourth-order valence-corrected chi connectivity index (χ4v) is 3.18. The Kier molecular flexibility index (Phi) is 4.24. The van der Waals surface area contributed by atoms with Gasteiger partial charge in [0.05, 0.1) is 19.3 Å². The molecule has 2 N–H and O–H groups in total. The van der Waals surface area contributed by atoms with Crippen LogP contribution in [-0.2, 0) is 11.2 Å². The number of ether oxygens (including phenoxy) is 2. The van der Waals surface area contributed by atoms with Crippen molar-refractivity contribution in [2.45, 2.75) is 31.9 Å². The minimum absolute atomic E-state index is 0.291. The van der Waals surface area contributed by atoms with Crippen molar-refractivity contribution >= 4 is 0 Å². The number of hydrogen-bond donors (Lipinski definition) is 1. The molecule has 0 aromatic heterocycles. The summed E-state index contributed by atoms with van der Waals surface area (Å²) in [6.45, 7) is 6.39. The van der Waals surface area contributed by atoms with Crippen LogP contribution in [0.4, 0.5) is 0 Å². The van der Waals surface area contributed by atoms with Gasteiger partial charge in [-0.25, -0.2) is 0 Å². The van der Waals surface area contributed by atoms with E-state index in [0.29, 0.717) is 18.7 Å². The molecule has 0 saturated carbocycles. The van der Waals surface area contributed by atoms with E-state index in [2.05, 4.69) is 30.0 Å². The van der Waals surface area contributed by atoms with Gasteiger partial charge in [-0.05, 0) is 23.6 Å². The standard InChI is InChI=1S/C16H24N2O2/c1-2-14-11-18(6-8-19-14)15(10-17)12-3-4-16-13(9-12)5-7-20-16/h3-4,9,14-15H,2,5-8,10-11,17H2,1H3. The molecular weight excluding hydrogens is 252 g/mol. The van der Waals surface area contributed by atoms with Crippen LogP contribution in [0.25, 0.3) is 0 Å². The lowest BCUT2D eigenvalue weighted by atomic mass is 10.00. The summed E-state index contributed by atoms with van der Waals surface area (Å²) in [5.41, 5.74) is 8.69. The molecule has 0 spiro atoms. The maximum Gasteiger partial charge on any atom is 0.122 e. The maximum atomic E-state index is 6.05. The lowest BCUT2D eigenvalue weighted by molar-refractivity contribution is -0.0437. The molecule has 1 aromatic carbocycles. The maximum absolute atomic E-state index is 6.05. The predicted octanol–water partition coefficient (Wildman–Crippen LogP) is 1.73. The molecule has 3 rings (SSSR count). The first-order valence-corrected chi connectivity index (χ1v) is 7.63. The second-order valence-electron chi connectivity index (χ2n) is 5.61. The number of nitrogens with two attached hydrogens (primary N) is 1. The summed E-state index contributed by atoms with van der Waals surface area (Å²) in [4.78, 5) is 2.47. The van der Waals surface area contributed by atoms with Gasteiger partial charge in [-0.3, -0.25) is 4.90 Å². The normalized spacial score (nSPS) is 24.2. The van der Waals surface area contributed by atoms with Crippen molar-refractivity contribution in [3.05, 3.63) is 29.3 Å². The fraction of sp³-hybridized carbons (Fsp3) is 0.625. The molecule has 1 fully saturated rings. The SMILES string of the molecule is CCC1CN(C(CN)c2ccc3c(c2)CCO3)CCO1. The summed E-state index contributed by atoms with van der Waals surface area (Å²) in [5, 5.41) is 0. The molecule has 2 aliphatic heterocycles. The smallest absolute Gasteiger partial charge is 0.122 e. The van der Waals surface area contributed by atoms with E-state index in [1.807, 2.05) is 0 Å². The summed E-state index contributed by atoms with van der Waals surface area (Å²) >= 11 is 0. The number of fused-ring (bicyclic) bond motifs is 1. The van der Waals surface area contributed by atoms with E-state index in [1.165, 1.54) is 11.1 Å². The largest absolute Gasteiger partial charge is 0.493 e. The van der Waals surface area contributed by atoms with Gasteiger partial charge in [0.25, 0.3) is 0 Å². The quantitative estimate of drug-likeness (QED) is 0.910. The van der Waals surface area contributed by atoms with Gasteiger partial charge in [0.15, 0.2) is 0 Å². The van der Waals surface area contributed by atoms with E-state index in [0.717, 1.165) is 44.9 Å². The molecule has 2 unspecified atom stereocenters.